The third-order valence-electron chi connectivity index (χ3n) is 5.28. The highest BCUT2D eigenvalue weighted by Gasteiger charge is 2.33. The van der Waals surface area contributed by atoms with E-state index in [1.165, 1.54) is 19.2 Å². The van der Waals surface area contributed by atoms with E-state index in [1.807, 2.05) is 0 Å². The largest absolute Gasteiger partial charge is 0.496 e. The summed E-state index contributed by atoms with van der Waals surface area (Å²) < 4.78 is 44.4. The molecule has 1 unspecified atom stereocenters. The van der Waals surface area contributed by atoms with E-state index in [-0.39, 0.29) is 0 Å². The Morgan fingerprint density at radius 1 is 1.17 bits per heavy atom. The fourth-order valence-corrected chi connectivity index (χ4v) is 3.95. The van der Waals surface area contributed by atoms with E-state index in [4.69, 9.17) is 16.3 Å². The van der Waals surface area contributed by atoms with Gasteiger partial charge in [0.1, 0.15) is 5.75 Å². The summed E-state index contributed by atoms with van der Waals surface area (Å²) in [5.74, 6) is -0.670. The molecule has 0 bridgehead atoms. The minimum atomic E-state index is -4.42. The second kappa shape index (κ2) is 8.63. The molecular formula is C21H21ClF3NO3. The number of alkyl halides is 3. The number of piperidine rings is 1. The monoisotopic (exact) mass is 427 g/mol. The molecule has 1 fully saturated rings. The maximum atomic E-state index is 13.0. The van der Waals surface area contributed by atoms with E-state index >= 15 is 0 Å². The SMILES string of the molecule is COc1ccc(Cl)cc1C(c1ccc(C(F)(F)F)cc1)N1CCC(C(=O)O)CC1. The molecule has 0 spiro atoms. The van der Waals surface area contributed by atoms with E-state index in [9.17, 15) is 23.1 Å². The maximum absolute atomic E-state index is 13.0. The molecule has 1 saturated heterocycles. The second-order valence-corrected chi connectivity index (χ2v) is 7.49. The summed E-state index contributed by atoms with van der Waals surface area (Å²) in [5.41, 5.74) is 0.670. The first-order chi connectivity index (χ1) is 13.7. The number of hydrogen-bond donors (Lipinski definition) is 1. The van der Waals surface area contributed by atoms with Crippen LogP contribution in [0.2, 0.25) is 5.02 Å². The molecule has 3 rings (SSSR count). The van der Waals surface area contributed by atoms with Gasteiger partial charge in [-0.15, -0.1) is 0 Å². The van der Waals surface area contributed by atoms with Gasteiger partial charge in [-0.25, -0.2) is 0 Å². The Bertz CT molecular complexity index is 862. The summed E-state index contributed by atoms with van der Waals surface area (Å²) in [5, 5.41) is 9.74. The van der Waals surface area contributed by atoms with Crippen LogP contribution in [0.4, 0.5) is 13.2 Å². The summed E-state index contributed by atoms with van der Waals surface area (Å²) in [6.45, 7) is 0.997. The molecule has 1 aliphatic rings. The van der Waals surface area contributed by atoms with Crippen LogP contribution in [0.15, 0.2) is 42.5 Å². The number of carboxylic acids is 1. The molecule has 0 aliphatic carbocycles. The van der Waals surface area contributed by atoms with Crippen LogP contribution in [0.3, 0.4) is 0 Å². The molecule has 2 aromatic carbocycles. The first-order valence-electron chi connectivity index (χ1n) is 9.18. The number of ether oxygens (including phenoxy) is 1. The van der Waals surface area contributed by atoms with E-state index in [0.717, 1.165) is 17.7 Å². The molecule has 1 N–H and O–H groups in total. The molecule has 1 aliphatic heterocycles. The van der Waals surface area contributed by atoms with Crippen molar-refractivity contribution in [1.29, 1.82) is 0 Å². The van der Waals surface area contributed by atoms with Gasteiger partial charge in [0.05, 0.1) is 24.6 Å². The van der Waals surface area contributed by atoms with Crippen molar-refractivity contribution >= 4 is 17.6 Å². The zero-order chi connectivity index (χ0) is 21.2. The maximum Gasteiger partial charge on any atom is 0.416 e. The van der Waals surface area contributed by atoms with Crippen LogP contribution in [0.5, 0.6) is 5.75 Å². The quantitative estimate of drug-likeness (QED) is 0.707. The smallest absolute Gasteiger partial charge is 0.416 e. The van der Waals surface area contributed by atoms with Gasteiger partial charge in [0.25, 0.3) is 0 Å². The minimum Gasteiger partial charge on any atom is -0.496 e. The standard InChI is InChI=1S/C21H21ClF3NO3/c1-29-18-7-6-16(22)12-17(18)19(26-10-8-14(9-11-26)20(27)28)13-2-4-15(5-3-13)21(23,24)25/h2-7,12,14,19H,8-11H2,1H3,(H,27,28). The zero-order valence-electron chi connectivity index (χ0n) is 15.7. The van der Waals surface area contributed by atoms with Gasteiger partial charge >= 0.3 is 12.1 Å². The summed E-state index contributed by atoms with van der Waals surface area (Å²) in [7, 11) is 1.52. The third-order valence-corrected chi connectivity index (χ3v) is 5.52. The number of methoxy groups -OCH3 is 1. The molecule has 0 radical (unpaired) electrons. The first kappa shape index (κ1) is 21.5. The Hall–Kier alpha value is -2.25. The summed E-state index contributed by atoms with van der Waals surface area (Å²) >= 11 is 6.19. The lowest BCUT2D eigenvalue weighted by Gasteiger charge is -2.37. The number of carboxylic acid groups (broad SMARTS) is 1. The predicted octanol–water partition coefficient (Wildman–Crippen LogP) is 5.25. The van der Waals surface area contributed by atoms with Gasteiger partial charge in [-0.05, 0) is 61.8 Å². The Kier molecular flexibility index (Phi) is 6.39. The van der Waals surface area contributed by atoms with Gasteiger partial charge in [-0.2, -0.15) is 13.2 Å². The van der Waals surface area contributed by atoms with Gasteiger partial charge in [0.15, 0.2) is 0 Å². The van der Waals surface area contributed by atoms with Gasteiger partial charge in [-0.3, -0.25) is 9.69 Å². The summed E-state index contributed by atoms with van der Waals surface area (Å²) in [4.78, 5) is 13.4. The van der Waals surface area contributed by atoms with Crippen molar-refractivity contribution in [3.05, 3.63) is 64.2 Å². The molecule has 1 atom stereocenters. The van der Waals surface area contributed by atoms with Gasteiger partial charge in [0, 0.05) is 10.6 Å². The van der Waals surface area contributed by atoms with Crippen LogP contribution < -0.4 is 4.74 Å². The lowest BCUT2D eigenvalue weighted by atomic mass is 9.90. The van der Waals surface area contributed by atoms with Crippen molar-refractivity contribution < 1.29 is 27.8 Å². The fourth-order valence-electron chi connectivity index (χ4n) is 3.76. The molecular weight excluding hydrogens is 407 g/mol. The lowest BCUT2D eigenvalue weighted by Crippen LogP contribution is -2.39. The number of rotatable bonds is 5. The number of nitrogens with zero attached hydrogens (tertiary/aromatic N) is 1. The summed E-state index contributed by atoms with van der Waals surface area (Å²) in [6, 6.07) is 9.77. The first-order valence-corrected chi connectivity index (χ1v) is 9.56. The van der Waals surface area contributed by atoms with E-state index in [2.05, 4.69) is 4.90 Å². The number of carbonyl (C=O) groups is 1. The molecule has 0 saturated carbocycles. The molecule has 2 aromatic rings. The van der Waals surface area contributed by atoms with Crippen LogP contribution in [0.25, 0.3) is 0 Å². The number of hydrogen-bond acceptors (Lipinski definition) is 3. The van der Waals surface area contributed by atoms with Crippen LogP contribution in [-0.2, 0) is 11.0 Å². The Balaban J connectivity index is 2.01. The minimum absolute atomic E-state index is 0.402. The third kappa shape index (κ3) is 4.85. The van der Waals surface area contributed by atoms with Gasteiger partial charge in [-0.1, -0.05) is 23.7 Å². The van der Waals surface area contributed by atoms with E-state index in [0.29, 0.717) is 42.3 Å². The molecule has 4 nitrogen and oxygen atoms in total. The number of benzene rings is 2. The fraction of sp³-hybridized carbons (Fsp3) is 0.381. The number of halogens is 4. The molecule has 0 amide bonds. The highest BCUT2D eigenvalue weighted by atomic mass is 35.5. The average molecular weight is 428 g/mol. The van der Waals surface area contributed by atoms with Crippen LogP contribution >= 0.6 is 11.6 Å². The molecule has 156 valence electrons. The van der Waals surface area contributed by atoms with Crippen molar-refractivity contribution in [1.82, 2.24) is 4.90 Å². The van der Waals surface area contributed by atoms with Gasteiger partial charge < -0.3 is 9.84 Å². The lowest BCUT2D eigenvalue weighted by molar-refractivity contribution is -0.143. The highest BCUT2D eigenvalue weighted by Crippen LogP contribution is 2.39. The summed E-state index contributed by atoms with van der Waals surface area (Å²) in [6.07, 6.45) is -3.48. The Labute approximate surface area is 171 Å². The van der Waals surface area contributed by atoms with E-state index in [1.54, 1.807) is 18.2 Å². The zero-order valence-corrected chi connectivity index (χ0v) is 16.5. The van der Waals surface area contributed by atoms with E-state index < -0.39 is 29.7 Å². The molecule has 1 heterocycles. The Morgan fingerprint density at radius 2 is 1.79 bits per heavy atom. The topological polar surface area (TPSA) is 49.8 Å². The average Bonchev–Trinajstić information content (AvgIpc) is 2.68. The molecule has 29 heavy (non-hydrogen) atoms. The van der Waals surface area contributed by atoms with Gasteiger partial charge in [0.2, 0.25) is 0 Å². The number of aliphatic carboxylic acids is 1. The second-order valence-electron chi connectivity index (χ2n) is 7.06. The van der Waals surface area contributed by atoms with Crippen LogP contribution in [0.1, 0.15) is 35.6 Å². The van der Waals surface area contributed by atoms with Crippen molar-refractivity contribution in [2.24, 2.45) is 5.92 Å². The van der Waals surface area contributed by atoms with Crippen LogP contribution in [-0.4, -0.2) is 36.2 Å². The normalized spacial score (nSPS) is 17.1. The Morgan fingerprint density at radius 3 is 2.31 bits per heavy atom. The van der Waals surface area contributed by atoms with Crippen molar-refractivity contribution in [3.8, 4) is 5.75 Å². The molecule has 8 heteroatoms. The van der Waals surface area contributed by atoms with Crippen molar-refractivity contribution in [3.63, 3.8) is 0 Å². The van der Waals surface area contributed by atoms with Crippen molar-refractivity contribution in [2.75, 3.05) is 20.2 Å². The van der Waals surface area contributed by atoms with Crippen molar-refractivity contribution in [2.45, 2.75) is 25.1 Å². The highest BCUT2D eigenvalue weighted by molar-refractivity contribution is 6.30. The van der Waals surface area contributed by atoms with Crippen LogP contribution in [0, 0.1) is 5.92 Å². The number of likely N-dealkylation sites (tertiary alicyclic amines) is 1. The predicted molar refractivity (Wildman–Crippen MR) is 103 cm³/mol. The molecule has 0 aromatic heterocycles.